The molecule has 3 aromatic carbocycles. The number of hydrogen-bond donors (Lipinski definition) is 22. The van der Waals surface area contributed by atoms with Crippen molar-refractivity contribution in [3.63, 3.8) is 0 Å². The van der Waals surface area contributed by atoms with E-state index in [0.29, 0.717) is 48.9 Å². The van der Waals surface area contributed by atoms with Gasteiger partial charge >= 0.3 is 5.97 Å². The molecule has 1 aliphatic carbocycles. The minimum absolute atomic E-state index is 0.0311. The second-order valence-electron chi connectivity index (χ2n) is 29.8. The number of unbranched alkanes of at least 4 members (excludes halogenated alkanes) is 1. The van der Waals surface area contributed by atoms with E-state index in [-0.39, 0.29) is 68.2 Å². The van der Waals surface area contributed by atoms with Crippen molar-refractivity contribution in [2.45, 2.75) is 241 Å². The van der Waals surface area contributed by atoms with Crippen LogP contribution < -0.4 is 86.3 Å². The highest BCUT2D eigenvalue weighted by molar-refractivity contribution is 6.00. The first-order valence-corrected chi connectivity index (χ1v) is 39.2. The zero-order valence-corrected chi connectivity index (χ0v) is 66.9. The summed E-state index contributed by atoms with van der Waals surface area (Å²) in [6, 6.07) is 1.61. The van der Waals surface area contributed by atoms with Crippen LogP contribution >= 0.6 is 0 Å². The monoisotopic (exact) mass is 1650 g/mol. The van der Waals surface area contributed by atoms with Crippen LogP contribution in [-0.4, -0.2) is 234 Å². The molecule has 15 atom stereocenters. The lowest BCUT2D eigenvalue weighted by molar-refractivity contribution is -0.139. The Hall–Kier alpha value is -12.0. The number of benzene rings is 3. The van der Waals surface area contributed by atoms with Gasteiger partial charge in [0.1, 0.15) is 84.3 Å². The number of aryl methyl sites for hydroxylation is 1. The highest BCUT2D eigenvalue weighted by Crippen LogP contribution is 2.31. The molecule has 118 heavy (non-hydrogen) atoms. The largest absolute Gasteiger partial charge is 0.508 e. The number of aliphatic hydroxyl groups is 3. The number of hydrogen-bond acceptors (Lipinski definition) is 22. The van der Waals surface area contributed by atoms with E-state index >= 15 is 9.59 Å². The van der Waals surface area contributed by atoms with Crippen molar-refractivity contribution in [2.24, 2.45) is 29.0 Å². The fourth-order valence-corrected chi connectivity index (χ4v) is 12.6. The molecule has 646 valence electrons. The molecule has 0 unspecified atom stereocenters. The van der Waals surface area contributed by atoms with E-state index in [1.54, 1.807) is 74.5 Å². The number of amides is 15. The Morgan fingerprint density at radius 2 is 0.898 bits per heavy atom. The number of H-pyrrole nitrogens is 1. The van der Waals surface area contributed by atoms with Crippen LogP contribution in [0.1, 0.15) is 147 Å². The molecule has 0 saturated heterocycles. The number of nitrogens with zero attached hydrogens (tertiary/aromatic N) is 1. The summed E-state index contributed by atoms with van der Waals surface area (Å²) in [6.07, 6.45) is -0.995. The number of nitrogens with one attached hydrogen (secondary N) is 14. The van der Waals surface area contributed by atoms with Crippen LogP contribution in [0.15, 0.2) is 97.5 Å². The van der Waals surface area contributed by atoms with Crippen molar-refractivity contribution in [2.75, 3.05) is 13.2 Å². The van der Waals surface area contributed by atoms with E-state index in [1.807, 2.05) is 0 Å². The van der Waals surface area contributed by atoms with Crippen LogP contribution in [0.4, 0.5) is 0 Å². The molecular formula is C79H114N18O21. The van der Waals surface area contributed by atoms with Crippen molar-refractivity contribution in [1.29, 1.82) is 0 Å². The Morgan fingerprint density at radius 3 is 1.36 bits per heavy atom. The van der Waals surface area contributed by atoms with E-state index in [9.17, 15) is 92.7 Å². The second kappa shape index (κ2) is 49.2. The maximum Gasteiger partial charge on any atom is 0.303 e. The number of phenols is 1. The molecular weight excluding hydrogens is 1540 g/mol. The molecule has 0 radical (unpaired) electrons. The van der Waals surface area contributed by atoms with Crippen LogP contribution in [0.25, 0.3) is 0 Å². The lowest BCUT2D eigenvalue weighted by Crippen LogP contribution is -2.62. The fourth-order valence-electron chi connectivity index (χ4n) is 12.6. The van der Waals surface area contributed by atoms with Gasteiger partial charge in [-0.1, -0.05) is 106 Å². The SMILES string of the molecule is CC(=O)N[C@@H](CC(C)C)C(=O)N[C@H](C(=O)N[C@@H](Cc1ccccc1)C(=O)N[C@@H](CCC(=O)O)C(=O)N[C@@H](Cc1c[nH]cn1)C(=O)N[C@@H](Cc1ccc(O)cc1)C(=O)N[C@@H](CCc1ccccc1)C(=O)N[C@@H](C)C(=O)N[C@@H](CCC(N)=O)C(=O)N[C@@H](CC1CCC1)C(=O)N[C@H](C(=O)N[C@@H](CO)C(=O)N[C@@H](CCCCN)C(N)=O)[C@@H](C)O)[C@@H](C)O. The summed E-state index contributed by atoms with van der Waals surface area (Å²) in [7, 11) is 0. The molecule has 0 spiro atoms. The average Bonchev–Trinajstić information content (AvgIpc) is 0.846. The molecule has 1 aliphatic rings. The third kappa shape index (κ3) is 33.7. The van der Waals surface area contributed by atoms with Gasteiger partial charge in [0.25, 0.3) is 0 Å². The zero-order chi connectivity index (χ0) is 87.3. The Morgan fingerprint density at radius 1 is 0.466 bits per heavy atom. The molecule has 4 aromatic rings. The number of phenolic OH excluding ortho intramolecular Hbond substituents is 1. The van der Waals surface area contributed by atoms with Crippen molar-refractivity contribution in [3.05, 3.63) is 120 Å². The average molecular weight is 1650 g/mol. The lowest BCUT2D eigenvalue weighted by Gasteiger charge is -2.32. The van der Waals surface area contributed by atoms with Crippen LogP contribution in [0.2, 0.25) is 0 Å². The second-order valence-corrected chi connectivity index (χ2v) is 29.8. The highest BCUT2D eigenvalue weighted by Gasteiger charge is 2.40. The van der Waals surface area contributed by atoms with Crippen molar-refractivity contribution in [1.82, 2.24) is 79.1 Å². The first-order chi connectivity index (χ1) is 55.9. The van der Waals surface area contributed by atoms with Gasteiger partial charge in [0.15, 0.2) is 0 Å². The summed E-state index contributed by atoms with van der Waals surface area (Å²) in [5, 5.41) is 84.5. The van der Waals surface area contributed by atoms with Crippen LogP contribution in [0, 0.1) is 11.8 Å². The molecule has 39 nitrogen and oxygen atoms in total. The zero-order valence-electron chi connectivity index (χ0n) is 66.9. The van der Waals surface area contributed by atoms with E-state index in [2.05, 4.69) is 79.1 Å². The number of imidazole rings is 1. The first-order valence-electron chi connectivity index (χ1n) is 39.2. The highest BCUT2D eigenvalue weighted by atomic mass is 16.4. The third-order valence-electron chi connectivity index (χ3n) is 19.4. The van der Waals surface area contributed by atoms with Gasteiger partial charge in [-0.05, 0) is 126 Å². The number of aliphatic carboxylic acids is 1. The van der Waals surface area contributed by atoms with Gasteiger partial charge in [-0.3, -0.25) is 76.7 Å². The Balaban J connectivity index is 1.42. The van der Waals surface area contributed by atoms with Gasteiger partial charge in [0, 0.05) is 45.2 Å². The van der Waals surface area contributed by atoms with Gasteiger partial charge in [-0.15, -0.1) is 0 Å². The Labute approximate surface area is 682 Å². The minimum Gasteiger partial charge on any atom is -0.508 e. The molecule has 15 amide bonds. The van der Waals surface area contributed by atoms with Gasteiger partial charge in [0.2, 0.25) is 88.6 Å². The maximum atomic E-state index is 15.1. The number of aromatic amines is 1. The predicted octanol–water partition coefficient (Wildman–Crippen LogP) is -4.15. The molecule has 1 fully saturated rings. The summed E-state index contributed by atoms with van der Waals surface area (Å²) < 4.78 is 0. The normalized spacial score (nSPS) is 15.7. The smallest absolute Gasteiger partial charge is 0.303 e. The molecule has 1 saturated carbocycles. The number of aliphatic hydroxyl groups excluding tert-OH is 3. The van der Waals surface area contributed by atoms with E-state index < -0.39 is 224 Å². The summed E-state index contributed by atoms with van der Waals surface area (Å²) in [4.78, 5) is 228. The topological polar surface area (TPSA) is 637 Å². The van der Waals surface area contributed by atoms with Crippen LogP contribution in [-0.2, 0) is 102 Å². The third-order valence-corrected chi connectivity index (χ3v) is 19.4. The van der Waals surface area contributed by atoms with Crippen molar-refractivity contribution in [3.8, 4) is 5.75 Å². The molecule has 25 N–H and O–H groups in total. The molecule has 5 rings (SSSR count). The van der Waals surface area contributed by atoms with E-state index in [1.165, 1.54) is 57.6 Å². The van der Waals surface area contributed by atoms with Crippen molar-refractivity contribution < 1.29 is 102 Å². The van der Waals surface area contributed by atoms with Gasteiger partial charge in [0.05, 0.1) is 30.8 Å². The number of aromatic nitrogens is 2. The number of nitrogens with two attached hydrogens (primary N) is 3. The van der Waals surface area contributed by atoms with E-state index in [0.717, 1.165) is 13.3 Å². The van der Waals surface area contributed by atoms with Crippen molar-refractivity contribution >= 4 is 94.6 Å². The quantitative estimate of drug-likeness (QED) is 0.0187. The van der Waals surface area contributed by atoms with Gasteiger partial charge < -0.3 is 117 Å². The number of primary amides is 2. The Kier molecular flexibility index (Phi) is 40.3. The summed E-state index contributed by atoms with van der Waals surface area (Å²) in [5.74, 6) is -16.7. The first kappa shape index (κ1) is 96.6. The van der Waals surface area contributed by atoms with Crippen LogP contribution in [0.3, 0.4) is 0 Å². The molecule has 0 bridgehead atoms. The summed E-state index contributed by atoms with van der Waals surface area (Å²) >= 11 is 0. The standard InChI is InChI=1S/C79H114N18O21/c1-42(2)34-57(86-46(6)101)75(114)96-65(44(4)99)78(117)94-59(35-48-18-11-8-12-19-48)73(112)90-56(30-32-64(104)105)71(110)93-61(38-51-39-83-41-84-51)74(113)92-58(37-50-23-26-52(102)27-24-50)72(111)89-54(28-25-47-16-9-7-10-17-47)69(108)85-43(3)68(107)88-55(29-31-63(81)103)70(109)91-60(36-49-20-15-21-49)76(115)97-66(45(5)100)79(118)95-62(40-98)77(116)87-53(67(82)106)22-13-14-33-80/h7-12,16-19,23-24,26-27,39,41-45,49,53-62,65-66,98-100,102H,13-15,20-22,25,28-38,40,80H2,1-6H3,(H2,81,103)(H2,82,106)(H,83,84)(H,85,108)(H,86,101)(H,87,116)(H,88,107)(H,89,111)(H,90,112)(H,91,109)(H,92,113)(H,93,110)(H,94,117)(H,95,118)(H,96,114)(H,97,115)(H,104,105)/t43-,44+,45+,53-,54-,55-,56-,57-,58-,59-,60-,61-,62-,65-,66-/m0/s1. The summed E-state index contributed by atoms with van der Waals surface area (Å²) in [6.45, 7) is 7.63. The van der Waals surface area contributed by atoms with Crippen LogP contribution in [0.5, 0.6) is 5.75 Å². The maximum absolute atomic E-state index is 15.1. The van der Waals surface area contributed by atoms with Gasteiger partial charge in [-0.2, -0.15) is 0 Å². The van der Waals surface area contributed by atoms with Gasteiger partial charge in [-0.25, -0.2) is 4.98 Å². The lowest BCUT2D eigenvalue weighted by atomic mass is 9.80. The number of aromatic hydroxyl groups is 1. The summed E-state index contributed by atoms with van der Waals surface area (Å²) in [5.41, 5.74) is 18.2. The minimum atomic E-state index is -1.82. The molecule has 39 heteroatoms. The predicted molar refractivity (Wildman–Crippen MR) is 425 cm³/mol. The molecule has 1 heterocycles. The Bertz CT molecular complexity index is 4020. The fraction of sp³-hybridized carbons (Fsp3) is 0.532. The number of carbonyl (C=O) groups excluding carboxylic acids is 15. The number of rotatable bonds is 52. The number of carboxylic acids is 1. The van der Waals surface area contributed by atoms with E-state index in [4.69, 9.17) is 17.2 Å². The molecule has 0 aliphatic heterocycles. The number of carbonyl (C=O) groups is 16. The molecule has 1 aromatic heterocycles. The number of carboxylic acid groups (broad SMARTS) is 1.